The molecule has 2 heteroatoms. The van der Waals surface area contributed by atoms with Crippen molar-refractivity contribution >= 4 is 10.9 Å². The largest absolute Gasteiger partial charge is 0.150 e. The van der Waals surface area contributed by atoms with Gasteiger partial charge in [-0.2, -0.15) is 0 Å². The van der Waals surface area contributed by atoms with Crippen molar-refractivity contribution in [2.75, 3.05) is 0 Å². The highest BCUT2D eigenvalue weighted by Crippen LogP contribution is 2.31. The second-order valence-electron chi connectivity index (χ2n) is 5.20. The molecule has 2 nitrogen and oxygen atoms in total. The van der Waals surface area contributed by atoms with Crippen LogP contribution in [0.5, 0.6) is 0 Å². The van der Waals surface area contributed by atoms with E-state index in [2.05, 4.69) is 64.8 Å². The van der Waals surface area contributed by atoms with Gasteiger partial charge in [-0.25, -0.2) is 0 Å². The van der Waals surface area contributed by atoms with Gasteiger partial charge in [0.25, 0.3) is 0 Å². The fourth-order valence-corrected chi connectivity index (χ4v) is 2.69. The van der Waals surface area contributed by atoms with Crippen molar-refractivity contribution in [3.8, 4) is 22.4 Å². The van der Waals surface area contributed by atoms with Gasteiger partial charge in [0.15, 0.2) is 0 Å². The molecule has 0 atom stereocenters. The third-order valence-corrected chi connectivity index (χ3v) is 3.78. The SMILES string of the molecule is c1ccc(-c2ccccc2-c2cc3ccccc3nn2)cc1. The molecule has 1 heterocycles. The quantitative estimate of drug-likeness (QED) is 0.519. The van der Waals surface area contributed by atoms with E-state index in [0.717, 1.165) is 22.2 Å². The molecule has 0 spiro atoms. The molecule has 0 aliphatic rings. The van der Waals surface area contributed by atoms with Crippen LogP contribution < -0.4 is 0 Å². The van der Waals surface area contributed by atoms with Gasteiger partial charge in [-0.15, -0.1) is 10.2 Å². The van der Waals surface area contributed by atoms with Crippen LogP contribution in [-0.2, 0) is 0 Å². The molecular weight excluding hydrogens is 268 g/mol. The maximum absolute atomic E-state index is 4.41. The number of nitrogens with zero attached hydrogens (tertiary/aromatic N) is 2. The van der Waals surface area contributed by atoms with Crippen LogP contribution in [0.4, 0.5) is 0 Å². The summed E-state index contributed by atoms with van der Waals surface area (Å²) in [6.07, 6.45) is 0. The van der Waals surface area contributed by atoms with E-state index < -0.39 is 0 Å². The molecule has 22 heavy (non-hydrogen) atoms. The number of rotatable bonds is 2. The minimum atomic E-state index is 0.901. The lowest BCUT2D eigenvalue weighted by atomic mass is 9.97. The Bertz CT molecular complexity index is 930. The summed E-state index contributed by atoms with van der Waals surface area (Å²) in [4.78, 5) is 0. The molecule has 4 aromatic rings. The van der Waals surface area contributed by atoms with Crippen molar-refractivity contribution in [2.24, 2.45) is 0 Å². The smallest absolute Gasteiger partial charge is 0.0942 e. The molecule has 4 rings (SSSR count). The van der Waals surface area contributed by atoms with Gasteiger partial charge in [-0.3, -0.25) is 0 Å². The summed E-state index contributed by atoms with van der Waals surface area (Å²) in [5.74, 6) is 0. The zero-order valence-electron chi connectivity index (χ0n) is 12.0. The van der Waals surface area contributed by atoms with Crippen molar-refractivity contribution in [3.63, 3.8) is 0 Å². The fourth-order valence-electron chi connectivity index (χ4n) is 2.69. The predicted octanol–water partition coefficient (Wildman–Crippen LogP) is 4.96. The second kappa shape index (κ2) is 5.41. The molecule has 0 bridgehead atoms. The number of aromatic nitrogens is 2. The topological polar surface area (TPSA) is 25.8 Å². The van der Waals surface area contributed by atoms with E-state index in [0.29, 0.717) is 0 Å². The van der Waals surface area contributed by atoms with E-state index in [-0.39, 0.29) is 0 Å². The Morgan fingerprint density at radius 2 is 1.23 bits per heavy atom. The van der Waals surface area contributed by atoms with Crippen LogP contribution >= 0.6 is 0 Å². The third kappa shape index (κ3) is 2.25. The maximum atomic E-state index is 4.41. The Kier molecular flexibility index (Phi) is 3.13. The summed E-state index contributed by atoms with van der Waals surface area (Å²) in [7, 11) is 0. The van der Waals surface area contributed by atoms with Crippen LogP contribution in [-0.4, -0.2) is 10.2 Å². The Balaban J connectivity index is 1.92. The summed E-state index contributed by atoms with van der Waals surface area (Å²) < 4.78 is 0. The van der Waals surface area contributed by atoms with Crippen LogP contribution in [0.2, 0.25) is 0 Å². The van der Waals surface area contributed by atoms with Crippen molar-refractivity contribution in [1.82, 2.24) is 10.2 Å². The van der Waals surface area contributed by atoms with Crippen molar-refractivity contribution in [2.45, 2.75) is 0 Å². The summed E-state index contributed by atoms with van der Waals surface area (Å²) in [5.41, 5.74) is 5.29. The minimum Gasteiger partial charge on any atom is -0.150 e. The molecule has 0 saturated heterocycles. The van der Waals surface area contributed by atoms with Crippen LogP contribution in [0.1, 0.15) is 0 Å². The van der Waals surface area contributed by atoms with Crippen LogP contribution in [0.25, 0.3) is 33.3 Å². The summed E-state index contributed by atoms with van der Waals surface area (Å²) >= 11 is 0. The monoisotopic (exact) mass is 282 g/mol. The van der Waals surface area contributed by atoms with Gasteiger partial charge in [-0.1, -0.05) is 72.8 Å². The van der Waals surface area contributed by atoms with E-state index in [1.165, 1.54) is 11.1 Å². The van der Waals surface area contributed by atoms with E-state index in [4.69, 9.17) is 0 Å². The molecule has 0 aliphatic heterocycles. The summed E-state index contributed by atoms with van der Waals surface area (Å²) in [5, 5.41) is 9.86. The molecule has 0 unspecified atom stereocenters. The number of hydrogen-bond donors (Lipinski definition) is 0. The zero-order valence-corrected chi connectivity index (χ0v) is 12.0. The highest BCUT2D eigenvalue weighted by atomic mass is 15.1. The van der Waals surface area contributed by atoms with Crippen LogP contribution in [0.15, 0.2) is 84.9 Å². The number of fused-ring (bicyclic) bond motifs is 1. The normalized spacial score (nSPS) is 10.7. The summed E-state index contributed by atoms with van der Waals surface area (Å²) in [6, 6.07) is 28.9. The van der Waals surface area contributed by atoms with E-state index in [1.807, 2.05) is 30.3 Å². The minimum absolute atomic E-state index is 0.901. The Morgan fingerprint density at radius 3 is 2.09 bits per heavy atom. The summed E-state index contributed by atoms with van der Waals surface area (Å²) in [6.45, 7) is 0. The zero-order chi connectivity index (χ0) is 14.8. The van der Waals surface area contributed by atoms with Crippen LogP contribution in [0.3, 0.4) is 0 Å². The average molecular weight is 282 g/mol. The van der Waals surface area contributed by atoms with Crippen LogP contribution in [0, 0.1) is 0 Å². The lowest BCUT2D eigenvalue weighted by Crippen LogP contribution is -1.91. The van der Waals surface area contributed by atoms with Gasteiger partial charge in [-0.05, 0) is 23.3 Å². The molecule has 0 fully saturated rings. The van der Waals surface area contributed by atoms with E-state index in [1.54, 1.807) is 0 Å². The Morgan fingerprint density at radius 1 is 0.545 bits per heavy atom. The molecule has 1 aromatic heterocycles. The molecule has 0 amide bonds. The first-order chi connectivity index (χ1) is 10.9. The first kappa shape index (κ1) is 12.7. The number of benzene rings is 3. The lowest BCUT2D eigenvalue weighted by Gasteiger charge is -2.09. The molecule has 3 aromatic carbocycles. The van der Waals surface area contributed by atoms with Gasteiger partial charge in [0.05, 0.1) is 11.2 Å². The standard InChI is InChI=1S/C20H14N2/c1-2-8-15(9-3-1)17-11-5-6-12-18(17)20-14-16-10-4-7-13-19(16)21-22-20/h1-14H. The van der Waals surface area contributed by atoms with Gasteiger partial charge in [0.1, 0.15) is 0 Å². The van der Waals surface area contributed by atoms with Crippen molar-refractivity contribution in [1.29, 1.82) is 0 Å². The van der Waals surface area contributed by atoms with Gasteiger partial charge < -0.3 is 0 Å². The number of hydrogen-bond acceptors (Lipinski definition) is 2. The first-order valence-electron chi connectivity index (χ1n) is 7.29. The first-order valence-corrected chi connectivity index (χ1v) is 7.29. The van der Waals surface area contributed by atoms with Gasteiger partial charge >= 0.3 is 0 Å². The van der Waals surface area contributed by atoms with Crippen molar-refractivity contribution in [3.05, 3.63) is 84.9 Å². The highest BCUT2D eigenvalue weighted by molar-refractivity contribution is 5.86. The molecule has 0 aliphatic carbocycles. The predicted molar refractivity (Wildman–Crippen MR) is 90.4 cm³/mol. The van der Waals surface area contributed by atoms with E-state index >= 15 is 0 Å². The fraction of sp³-hybridized carbons (Fsp3) is 0. The molecule has 104 valence electrons. The van der Waals surface area contributed by atoms with Gasteiger partial charge in [0.2, 0.25) is 0 Å². The molecule has 0 radical (unpaired) electrons. The lowest BCUT2D eigenvalue weighted by molar-refractivity contribution is 1.08. The molecule has 0 saturated carbocycles. The molecular formula is C20H14N2. The Hall–Kier alpha value is -3.00. The average Bonchev–Trinajstić information content (AvgIpc) is 2.62. The van der Waals surface area contributed by atoms with E-state index in [9.17, 15) is 0 Å². The second-order valence-corrected chi connectivity index (χ2v) is 5.20. The van der Waals surface area contributed by atoms with Gasteiger partial charge in [0, 0.05) is 10.9 Å². The third-order valence-electron chi connectivity index (χ3n) is 3.78. The highest BCUT2D eigenvalue weighted by Gasteiger charge is 2.09. The maximum Gasteiger partial charge on any atom is 0.0942 e. The molecule has 0 N–H and O–H groups in total. The Labute approximate surface area is 129 Å². The van der Waals surface area contributed by atoms with Crippen molar-refractivity contribution < 1.29 is 0 Å².